The molecule has 3 fully saturated rings. The van der Waals surface area contributed by atoms with Crippen molar-refractivity contribution in [3.8, 4) is 0 Å². The molecule has 0 saturated heterocycles. The van der Waals surface area contributed by atoms with E-state index in [0.717, 1.165) is 35.5 Å². The lowest BCUT2D eigenvalue weighted by Gasteiger charge is -2.62. The van der Waals surface area contributed by atoms with Gasteiger partial charge in [0.2, 0.25) is 5.91 Å². The van der Waals surface area contributed by atoms with Crippen LogP contribution in [0.3, 0.4) is 0 Å². The molecule has 2 nitrogen and oxygen atoms in total. The molecule has 4 aliphatic rings. The number of amides is 1. The average Bonchev–Trinajstić information content (AvgIpc) is 3.00. The molecule has 1 heterocycles. The van der Waals surface area contributed by atoms with Crippen molar-refractivity contribution in [1.29, 1.82) is 0 Å². The zero-order valence-electron chi connectivity index (χ0n) is 19.9. The Morgan fingerprint density at radius 1 is 1.14 bits per heavy atom. The predicted octanol–water partition coefficient (Wildman–Crippen LogP) is 6.70. The van der Waals surface area contributed by atoms with Crippen molar-refractivity contribution in [3.05, 3.63) is 12.2 Å². The minimum atomic E-state index is 0.177. The Bertz CT molecular complexity index is 653. The number of unbranched alkanes of at least 4 members (excludes halogenated alkanes) is 1. The predicted molar refractivity (Wildman–Crippen MR) is 121 cm³/mol. The minimum Gasteiger partial charge on any atom is -0.338 e. The third-order valence-electron chi connectivity index (χ3n) is 10.3. The van der Waals surface area contributed by atoms with Crippen molar-refractivity contribution in [3.63, 3.8) is 0 Å². The first-order valence-corrected chi connectivity index (χ1v) is 12.6. The van der Waals surface area contributed by atoms with Gasteiger partial charge in [0.1, 0.15) is 0 Å². The lowest BCUT2D eigenvalue weighted by Crippen LogP contribution is -2.61. The molecule has 3 aliphatic carbocycles. The largest absolute Gasteiger partial charge is 0.338 e. The normalized spacial score (nSPS) is 46.6. The van der Waals surface area contributed by atoms with Gasteiger partial charge in [-0.25, -0.2) is 0 Å². The van der Waals surface area contributed by atoms with Gasteiger partial charge in [-0.3, -0.25) is 4.79 Å². The van der Waals surface area contributed by atoms with Gasteiger partial charge in [-0.05, 0) is 85.5 Å². The van der Waals surface area contributed by atoms with E-state index in [1.807, 2.05) is 13.1 Å². The summed E-state index contributed by atoms with van der Waals surface area (Å²) >= 11 is 0. The van der Waals surface area contributed by atoms with E-state index in [4.69, 9.17) is 0 Å². The number of fused-ring (bicyclic) bond motifs is 5. The van der Waals surface area contributed by atoms with Crippen molar-refractivity contribution in [1.82, 2.24) is 4.90 Å². The summed E-state index contributed by atoms with van der Waals surface area (Å²) in [5.74, 6) is 5.25. The van der Waals surface area contributed by atoms with Gasteiger partial charge in [0.25, 0.3) is 0 Å². The maximum atomic E-state index is 12.3. The summed E-state index contributed by atoms with van der Waals surface area (Å²) in [6, 6.07) is 0.397. The molecule has 164 valence electrons. The van der Waals surface area contributed by atoms with E-state index in [1.54, 1.807) is 0 Å². The summed E-state index contributed by atoms with van der Waals surface area (Å²) in [6.45, 7) is 12.4. The van der Waals surface area contributed by atoms with Crippen LogP contribution in [-0.2, 0) is 4.79 Å². The average molecular weight is 400 g/mol. The highest BCUT2D eigenvalue weighted by Gasteiger charge is 2.61. The smallest absolute Gasteiger partial charge is 0.246 e. The standard InChI is InChI=1S/C27H45NO/c1-18(2)9-7-8-10-20-11-12-21-25-19(3)17-23-27(5,16-14-24(29)28(23)6)22(25)13-15-26(20,21)4/h14,16,18-23,25H,7-13,15,17H2,1-6H3/t19-,20-,21-,22-,23-,25-,26+,27+/m0/s1. The number of hydrogen-bond acceptors (Lipinski definition) is 1. The minimum absolute atomic E-state index is 0.177. The number of likely N-dealkylation sites (N-methyl/N-ethyl adjacent to an activating group) is 1. The lowest BCUT2D eigenvalue weighted by molar-refractivity contribution is -0.144. The highest BCUT2D eigenvalue weighted by Crippen LogP contribution is 2.67. The van der Waals surface area contributed by atoms with Crippen LogP contribution in [-0.4, -0.2) is 23.9 Å². The molecule has 0 aromatic rings. The first-order chi connectivity index (χ1) is 13.7. The van der Waals surface area contributed by atoms with Gasteiger partial charge in [0.15, 0.2) is 0 Å². The van der Waals surface area contributed by atoms with Gasteiger partial charge < -0.3 is 4.90 Å². The molecule has 0 spiro atoms. The zero-order valence-corrected chi connectivity index (χ0v) is 19.9. The quantitative estimate of drug-likeness (QED) is 0.471. The molecule has 0 N–H and O–H groups in total. The highest BCUT2D eigenvalue weighted by atomic mass is 16.2. The first kappa shape index (κ1) is 21.4. The molecule has 0 aromatic heterocycles. The van der Waals surface area contributed by atoms with E-state index < -0.39 is 0 Å². The summed E-state index contributed by atoms with van der Waals surface area (Å²) in [5, 5.41) is 0. The molecule has 1 amide bonds. The van der Waals surface area contributed by atoms with Gasteiger partial charge in [0, 0.05) is 18.5 Å². The Balaban J connectivity index is 1.52. The molecule has 1 aliphatic heterocycles. The van der Waals surface area contributed by atoms with Gasteiger partial charge >= 0.3 is 0 Å². The monoisotopic (exact) mass is 399 g/mol. The number of carbonyl (C=O) groups is 1. The van der Waals surface area contributed by atoms with Crippen LogP contribution < -0.4 is 0 Å². The third-order valence-corrected chi connectivity index (χ3v) is 10.3. The van der Waals surface area contributed by atoms with Crippen LogP contribution in [0.4, 0.5) is 0 Å². The van der Waals surface area contributed by atoms with E-state index in [1.165, 1.54) is 57.8 Å². The third kappa shape index (κ3) is 3.41. The second kappa shape index (κ2) is 7.72. The van der Waals surface area contributed by atoms with Gasteiger partial charge in [-0.2, -0.15) is 0 Å². The Hall–Kier alpha value is -0.790. The van der Waals surface area contributed by atoms with Crippen molar-refractivity contribution in [2.45, 2.75) is 98.4 Å². The van der Waals surface area contributed by atoms with E-state index in [9.17, 15) is 4.79 Å². The summed E-state index contributed by atoms with van der Waals surface area (Å²) in [5.41, 5.74) is 0.743. The Morgan fingerprint density at radius 2 is 1.90 bits per heavy atom. The first-order valence-electron chi connectivity index (χ1n) is 12.6. The number of carbonyl (C=O) groups excluding carboxylic acids is 1. The fourth-order valence-corrected chi connectivity index (χ4v) is 8.58. The lowest BCUT2D eigenvalue weighted by atomic mass is 9.45. The van der Waals surface area contributed by atoms with Crippen LogP contribution in [0.15, 0.2) is 12.2 Å². The fourth-order valence-electron chi connectivity index (χ4n) is 8.58. The summed E-state index contributed by atoms with van der Waals surface area (Å²) < 4.78 is 0. The van der Waals surface area contributed by atoms with Gasteiger partial charge in [-0.15, -0.1) is 0 Å². The van der Waals surface area contributed by atoms with E-state index in [2.05, 4.69) is 45.6 Å². The number of rotatable bonds is 5. The molecule has 8 atom stereocenters. The summed E-state index contributed by atoms with van der Waals surface area (Å²) in [6.07, 6.45) is 16.8. The molecule has 0 unspecified atom stereocenters. The number of hydrogen-bond donors (Lipinski definition) is 0. The highest BCUT2D eigenvalue weighted by molar-refractivity contribution is 5.89. The van der Waals surface area contributed by atoms with Crippen LogP contribution in [0.5, 0.6) is 0 Å². The van der Waals surface area contributed by atoms with Crippen LogP contribution in [0, 0.1) is 46.3 Å². The van der Waals surface area contributed by atoms with E-state index in [0.29, 0.717) is 11.5 Å². The molecular formula is C27H45NO. The van der Waals surface area contributed by atoms with E-state index >= 15 is 0 Å². The summed E-state index contributed by atoms with van der Waals surface area (Å²) in [4.78, 5) is 14.4. The maximum absolute atomic E-state index is 12.3. The molecule has 4 rings (SSSR count). The molecule has 3 saturated carbocycles. The number of nitrogens with zero attached hydrogens (tertiary/aromatic N) is 1. The maximum Gasteiger partial charge on any atom is 0.246 e. The Morgan fingerprint density at radius 3 is 2.62 bits per heavy atom. The SMILES string of the molecule is CC(C)CCCC[C@H]1CC[C@H]2[C@@H]3[C@@H](C)C[C@@H]4N(C)C(=O)C=C[C@]4(C)[C@H]3CC[C@]12C. The van der Waals surface area contributed by atoms with Crippen molar-refractivity contribution >= 4 is 5.91 Å². The van der Waals surface area contributed by atoms with Crippen LogP contribution in [0.25, 0.3) is 0 Å². The zero-order chi connectivity index (χ0) is 21.0. The van der Waals surface area contributed by atoms with Crippen molar-refractivity contribution in [2.75, 3.05) is 7.05 Å². The van der Waals surface area contributed by atoms with Crippen LogP contribution in [0.1, 0.15) is 92.4 Å². The molecule has 29 heavy (non-hydrogen) atoms. The Kier molecular flexibility index (Phi) is 5.71. The van der Waals surface area contributed by atoms with Crippen LogP contribution in [0.2, 0.25) is 0 Å². The second-order valence-electron chi connectivity index (χ2n) is 12.2. The second-order valence-corrected chi connectivity index (χ2v) is 12.2. The molecule has 0 radical (unpaired) electrons. The van der Waals surface area contributed by atoms with Crippen LogP contribution >= 0.6 is 0 Å². The summed E-state index contributed by atoms with van der Waals surface area (Å²) in [7, 11) is 2.04. The molecular weight excluding hydrogens is 354 g/mol. The van der Waals surface area contributed by atoms with E-state index in [-0.39, 0.29) is 11.3 Å². The topological polar surface area (TPSA) is 20.3 Å². The molecule has 0 aromatic carbocycles. The molecule has 0 bridgehead atoms. The fraction of sp³-hybridized carbons (Fsp3) is 0.889. The molecule has 2 heteroatoms. The van der Waals surface area contributed by atoms with Crippen molar-refractivity contribution in [2.24, 2.45) is 46.3 Å². The van der Waals surface area contributed by atoms with Crippen molar-refractivity contribution < 1.29 is 4.79 Å². The Labute approximate surface area is 179 Å². The van der Waals surface area contributed by atoms with Gasteiger partial charge in [0.05, 0.1) is 0 Å². The van der Waals surface area contributed by atoms with Gasteiger partial charge in [-0.1, -0.05) is 60.0 Å².